The highest BCUT2D eigenvalue weighted by molar-refractivity contribution is 5.95. The molecule has 0 spiro atoms. The second kappa shape index (κ2) is 7.22. The first-order valence-corrected chi connectivity index (χ1v) is 8.88. The zero-order chi connectivity index (χ0) is 17.9. The second-order valence-electron chi connectivity index (χ2n) is 6.63. The molecule has 1 N–H and O–H groups in total. The zero-order valence-electron chi connectivity index (χ0n) is 14.8. The van der Waals surface area contributed by atoms with Crippen molar-refractivity contribution < 1.29 is 13.9 Å². The molecule has 0 saturated carbocycles. The molecule has 1 fully saturated rings. The fraction of sp³-hybridized carbons (Fsp3) is 0.286. The Hall–Kier alpha value is -2.79. The van der Waals surface area contributed by atoms with E-state index in [1.54, 1.807) is 6.26 Å². The van der Waals surface area contributed by atoms with E-state index in [1.165, 1.54) is 0 Å². The molecule has 1 saturated heterocycles. The van der Waals surface area contributed by atoms with Crippen LogP contribution in [-0.4, -0.2) is 32.2 Å². The summed E-state index contributed by atoms with van der Waals surface area (Å²) in [6.07, 6.45) is 1.96. The van der Waals surface area contributed by atoms with E-state index >= 15 is 0 Å². The number of rotatable bonds is 4. The topological polar surface area (TPSA) is 54.7 Å². The quantitative estimate of drug-likeness (QED) is 0.778. The molecule has 5 heteroatoms. The standard InChI is InChI=1S/C21H22N2O3/c1-15-2-7-19-16(14-26-20(19)12-15)13-21(24)22-17-3-5-18(6-4-17)23-8-10-25-11-9-23/h2-7,12,14H,8-11,13H2,1H3,(H,22,24). The fourth-order valence-corrected chi connectivity index (χ4v) is 3.28. The van der Waals surface area contributed by atoms with Crippen molar-refractivity contribution in [3.8, 4) is 0 Å². The Morgan fingerprint density at radius 2 is 1.88 bits per heavy atom. The lowest BCUT2D eigenvalue weighted by atomic mass is 10.1. The molecule has 4 rings (SSSR count). The highest BCUT2D eigenvalue weighted by atomic mass is 16.5. The summed E-state index contributed by atoms with van der Waals surface area (Å²) in [5, 5.41) is 3.96. The lowest BCUT2D eigenvalue weighted by Crippen LogP contribution is -2.36. The number of aryl methyl sites for hydroxylation is 1. The molecule has 26 heavy (non-hydrogen) atoms. The van der Waals surface area contributed by atoms with Gasteiger partial charge in [0, 0.05) is 35.4 Å². The van der Waals surface area contributed by atoms with Crippen molar-refractivity contribution in [3.05, 3.63) is 59.9 Å². The van der Waals surface area contributed by atoms with E-state index in [2.05, 4.69) is 10.2 Å². The summed E-state index contributed by atoms with van der Waals surface area (Å²) < 4.78 is 10.9. The van der Waals surface area contributed by atoms with E-state index in [-0.39, 0.29) is 5.91 Å². The van der Waals surface area contributed by atoms with Crippen molar-refractivity contribution in [2.45, 2.75) is 13.3 Å². The molecule has 1 aliphatic rings. The van der Waals surface area contributed by atoms with Gasteiger partial charge >= 0.3 is 0 Å². The largest absolute Gasteiger partial charge is 0.464 e. The van der Waals surface area contributed by atoms with E-state index < -0.39 is 0 Å². The predicted octanol–water partition coefficient (Wildman–Crippen LogP) is 3.76. The molecule has 3 aromatic rings. The Bertz CT molecular complexity index is 909. The molecule has 0 radical (unpaired) electrons. The van der Waals surface area contributed by atoms with Crippen LogP contribution in [0.5, 0.6) is 0 Å². The van der Waals surface area contributed by atoms with E-state index in [9.17, 15) is 4.79 Å². The van der Waals surface area contributed by atoms with Crippen LogP contribution in [0.1, 0.15) is 11.1 Å². The zero-order valence-corrected chi connectivity index (χ0v) is 14.8. The van der Waals surface area contributed by atoms with Gasteiger partial charge in [0.15, 0.2) is 0 Å². The van der Waals surface area contributed by atoms with Gasteiger partial charge in [0.25, 0.3) is 0 Å². The molecular formula is C21H22N2O3. The molecule has 1 aliphatic heterocycles. The summed E-state index contributed by atoms with van der Waals surface area (Å²) in [7, 11) is 0. The Labute approximate surface area is 152 Å². The van der Waals surface area contributed by atoms with Crippen LogP contribution in [0.2, 0.25) is 0 Å². The highest BCUT2D eigenvalue weighted by Gasteiger charge is 2.13. The first kappa shape index (κ1) is 16.7. The van der Waals surface area contributed by atoms with Gasteiger partial charge in [0.2, 0.25) is 5.91 Å². The first-order chi connectivity index (χ1) is 12.7. The van der Waals surface area contributed by atoms with E-state index in [4.69, 9.17) is 9.15 Å². The lowest BCUT2D eigenvalue weighted by molar-refractivity contribution is -0.115. The van der Waals surface area contributed by atoms with Gasteiger partial charge in [-0.15, -0.1) is 0 Å². The minimum absolute atomic E-state index is 0.0487. The average Bonchev–Trinajstić information content (AvgIpc) is 3.04. The Kier molecular flexibility index (Phi) is 4.63. The molecule has 2 aromatic carbocycles. The average molecular weight is 350 g/mol. The molecule has 0 unspecified atom stereocenters. The normalized spacial score (nSPS) is 14.6. The molecule has 0 bridgehead atoms. The molecule has 5 nitrogen and oxygen atoms in total. The van der Waals surface area contributed by atoms with Gasteiger partial charge in [0.05, 0.1) is 25.9 Å². The maximum absolute atomic E-state index is 12.4. The number of hydrogen-bond acceptors (Lipinski definition) is 4. The first-order valence-electron chi connectivity index (χ1n) is 8.88. The van der Waals surface area contributed by atoms with Gasteiger partial charge in [0.1, 0.15) is 5.58 Å². The number of ether oxygens (including phenoxy) is 1. The fourth-order valence-electron chi connectivity index (χ4n) is 3.28. The summed E-state index contributed by atoms with van der Waals surface area (Å²) in [5.41, 5.74) is 4.83. The van der Waals surface area contributed by atoms with Crippen LogP contribution in [-0.2, 0) is 16.0 Å². The smallest absolute Gasteiger partial charge is 0.228 e. The van der Waals surface area contributed by atoms with Crippen molar-refractivity contribution in [2.75, 3.05) is 36.5 Å². The number of carbonyl (C=O) groups excluding carboxylic acids is 1. The van der Waals surface area contributed by atoms with Crippen LogP contribution in [0.25, 0.3) is 11.0 Å². The molecule has 1 amide bonds. The lowest BCUT2D eigenvalue weighted by Gasteiger charge is -2.28. The van der Waals surface area contributed by atoms with Crippen molar-refractivity contribution in [2.24, 2.45) is 0 Å². The van der Waals surface area contributed by atoms with Gasteiger partial charge < -0.3 is 19.4 Å². The maximum atomic E-state index is 12.4. The number of benzene rings is 2. The SMILES string of the molecule is Cc1ccc2c(CC(=O)Nc3ccc(N4CCOCC4)cc3)coc2c1. The van der Waals surface area contributed by atoms with E-state index in [0.717, 1.165) is 59.8 Å². The molecule has 134 valence electrons. The number of carbonyl (C=O) groups is 1. The number of amides is 1. The van der Waals surface area contributed by atoms with Gasteiger partial charge in [-0.05, 0) is 42.8 Å². The third kappa shape index (κ3) is 3.58. The van der Waals surface area contributed by atoms with Crippen LogP contribution < -0.4 is 10.2 Å². The van der Waals surface area contributed by atoms with Gasteiger partial charge in [-0.1, -0.05) is 12.1 Å². The second-order valence-corrected chi connectivity index (χ2v) is 6.63. The molecule has 0 aliphatic carbocycles. The number of anilines is 2. The monoisotopic (exact) mass is 350 g/mol. The Morgan fingerprint density at radius 3 is 2.65 bits per heavy atom. The number of nitrogens with one attached hydrogen (secondary N) is 1. The Morgan fingerprint density at radius 1 is 1.12 bits per heavy atom. The van der Waals surface area contributed by atoms with E-state index in [1.807, 2.05) is 49.4 Å². The number of hydrogen-bond donors (Lipinski definition) is 1. The van der Waals surface area contributed by atoms with Gasteiger partial charge in [-0.3, -0.25) is 4.79 Å². The minimum atomic E-state index is -0.0487. The summed E-state index contributed by atoms with van der Waals surface area (Å²) in [5.74, 6) is -0.0487. The Balaban J connectivity index is 1.41. The molecule has 1 aromatic heterocycles. The van der Waals surface area contributed by atoms with Crippen molar-refractivity contribution >= 4 is 28.3 Å². The third-order valence-corrected chi connectivity index (χ3v) is 4.69. The minimum Gasteiger partial charge on any atom is -0.464 e. The van der Waals surface area contributed by atoms with Crippen LogP contribution in [0.15, 0.2) is 53.1 Å². The molecular weight excluding hydrogens is 328 g/mol. The van der Waals surface area contributed by atoms with Crippen LogP contribution in [0.3, 0.4) is 0 Å². The van der Waals surface area contributed by atoms with Crippen LogP contribution >= 0.6 is 0 Å². The highest BCUT2D eigenvalue weighted by Crippen LogP contribution is 2.23. The third-order valence-electron chi connectivity index (χ3n) is 4.69. The van der Waals surface area contributed by atoms with Crippen LogP contribution in [0, 0.1) is 6.92 Å². The maximum Gasteiger partial charge on any atom is 0.228 e. The predicted molar refractivity (Wildman–Crippen MR) is 103 cm³/mol. The van der Waals surface area contributed by atoms with Crippen molar-refractivity contribution in [1.29, 1.82) is 0 Å². The van der Waals surface area contributed by atoms with E-state index in [0.29, 0.717) is 6.42 Å². The molecule has 2 heterocycles. The van der Waals surface area contributed by atoms with Gasteiger partial charge in [-0.25, -0.2) is 0 Å². The summed E-state index contributed by atoms with van der Waals surface area (Å²) in [6, 6.07) is 14.0. The number of morpholine rings is 1. The van der Waals surface area contributed by atoms with Crippen molar-refractivity contribution in [1.82, 2.24) is 0 Å². The molecule has 0 atom stereocenters. The number of furan rings is 1. The number of nitrogens with zero attached hydrogens (tertiary/aromatic N) is 1. The van der Waals surface area contributed by atoms with Gasteiger partial charge in [-0.2, -0.15) is 0 Å². The van der Waals surface area contributed by atoms with Crippen molar-refractivity contribution in [3.63, 3.8) is 0 Å². The van der Waals surface area contributed by atoms with Crippen LogP contribution in [0.4, 0.5) is 11.4 Å². The number of fused-ring (bicyclic) bond motifs is 1. The summed E-state index contributed by atoms with van der Waals surface area (Å²) >= 11 is 0. The summed E-state index contributed by atoms with van der Waals surface area (Å²) in [6.45, 7) is 5.35. The summed E-state index contributed by atoms with van der Waals surface area (Å²) in [4.78, 5) is 14.7.